The van der Waals surface area contributed by atoms with E-state index in [4.69, 9.17) is 11.6 Å². The number of allylic oxidation sites excluding steroid dienone is 2. The number of hydrogen-bond acceptors (Lipinski definition) is 0. The Morgan fingerprint density at radius 2 is 1.64 bits per heavy atom. The molecule has 0 spiro atoms. The van der Waals surface area contributed by atoms with Crippen LogP contribution in [-0.2, 0) is 25.7 Å². The molecule has 28 heavy (non-hydrogen) atoms. The van der Waals surface area contributed by atoms with Crippen molar-refractivity contribution in [2.75, 3.05) is 0 Å². The lowest BCUT2D eigenvalue weighted by molar-refractivity contribution is 0.527. The quantitative estimate of drug-likeness (QED) is 0.371. The first-order chi connectivity index (χ1) is 13.6. The Bertz CT molecular complexity index is 877. The van der Waals surface area contributed by atoms with Gasteiger partial charge in [-0.25, -0.2) is 8.78 Å². The predicted molar refractivity (Wildman–Crippen MR) is 112 cm³/mol. The van der Waals surface area contributed by atoms with Gasteiger partial charge in [-0.1, -0.05) is 49.2 Å². The monoisotopic (exact) mass is 400 g/mol. The first-order valence-electron chi connectivity index (χ1n) is 10.5. The molecule has 2 aromatic carbocycles. The van der Waals surface area contributed by atoms with Crippen LogP contribution < -0.4 is 0 Å². The summed E-state index contributed by atoms with van der Waals surface area (Å²) in [7, 11) is 0. The summed E-state index contributed by atoms with van der Waals surface area (Å²) >= 11 is 5.65. The summed E-state index contributed by atoms with van der Waals surface area (Å²) in [5.74, 6) is -0.501. The molecule has 0 N–H and O–H groups in total. The molecule has 2 aliphatic rings. The van der Waals surface area contributed by atoms with Crippen molar-refractivity contribution in [1.29, 1.82) is 0 Å². The molecular formula is C25H27ClF2. The summed E-state index contributed by atoms with van der Waals surface area (Å²) in [4.78, 5) is 0. The molecule has 4 rings (SSSR count). The highest BCUT2D eigenvalue weighted by Gasteiger charge is 2.27. The maximum atomic E-state index is 13.9. The van der Waals surface area contributed by atoms with E-state index in [1.807, 2.05) is 0 Å². The third-order valence-corrected chi connectivity index (χ3v) is 6.78. The lowest BCUT2D eigenvalue weighted by atomic mass is 9.74. The summed E-state index contributed by atoms with van der Waals surface area (Å²) in [6.07, 6.45) is 13.4. The van der Waals surface area contributed by atoms with Crippen LogP contribution in [0, 0.1) is 17.6 Å². The van der Waals surface area contributed by atoms with Gasteiger partial charge in [-0.3, -0.25) is 0 Å². The van der Waals surface area contributed by atoms with Crippen molar-refractivity contribution >= 4 is 11.6 Å². The fourth-order valence-electron chi connectivity index (χ4n) is 4.91. The van der Waals surface area contributed by atoms with Crippen LogP contribution in [0.1, 0.15) is 66.3 Å². The van der Waals surface area contributed by atoms with Crippen molar-refractivity contribution in [3.05, 3.63) is 80.9 Å². The Labute approximate surface area is 171 Å². The third-order valence-electron chi connectivity index (χ3n) is 6.42. The van der Waals surface area contributed by atoms with Crippen LogP contribution in [0.15, 0.2) is 36.4 Å². The molecule has 0 saturated heterocycles. The average molecular weight is 401 g/mol. The lowest BCUT2D eigenvalue weighted by Crippen LogP contribution is -2.20. The minimum atomic E-state index is -0.657. The van der Waals surface area contributed by atoms with Gasteiger partial charge in [0.2, 0.25) is 0 Å². The second-order valence-corrected chi connectivity index (χ2v) is 8.68. The van der Waals surface area contributed by atoms with Crippen LogP contribution >= 0.6 is 11.6 Å². The Morgan fingerprint density at radius 3 is 2.32 bits per heavy atom. The number of fused-ring (bicyclic) bond motifs is 3. The SMILES string of the molecule is CCC/C=C/[C@H]1CCc2c(ccc3c2CC[C@H](c2cc(F)c(Cl)c(F)c2)C3)C1. The molecule has 0 aliphatic heterocycles. The first kappa shape index (κ1) is 19.6. The van der Waals surface area contributed by atoms with E-state index in [0.717, 1.165) is 37.7 Å². The van der Waals surface area contributed by atoms with Crippen molar-refractivity contribution in [1.82, 2.24) is 0 Å². The number of benzene rings is 2. The van der Waals surface area contributed by atoms with E-state index in [2.05, 4.69) is 31.2 Å². The minimum absolute atomic E-state index is 0.153. The number of rotatable bonds is 4. The van der Waals surface area contributed by atoms with Gasteiger partial charge in [-0.2, -0.15) is 0 Å². The van der Waals surface area contributed by atoms with Crippen LogP contribution in [0.4, 0.5) is 8.78 Å². The normalized spacial score (nSPS) is 21.6. The Morgan fingerprint density at radius 1 is 1.00 bits per heavy atom. The Kier molecular flexibility index (Phi) is 5.87. The highest BCUT2D eigenvalue weighted by atomic mass is 35.5. The number of halogens is 3. The van der Waals surface area contributed by atoms with Gasteiger partial charge >= 0.3 is 0 Å². The van der Waals surface area contributed by atoms with E-state index >= 15 is 0 Å². The zero-order valence-corrected chi connectivity index (χ0v) is 17.2. The summed E-state index contributed by atoms with van der Waals surface area (Å²) in [5.41, 5.74) is 6.62. The first-order valence-corrected chi connectivity index (χ1v) is 10.9. The molecule has 0 unspecified atom stereocenters. The van der Waals surface area contributed by atoms with Gasteiger partial charge in [0.25, 0.3) is 0 Å². The highest BCUT2D eigenvalue weighted by Crippen LogP contribution is 2.39. The second kappa shape index (κ2) is 8.37. The minimum Gasteiger partial charge on any atom is -0.205 e. The van der Waals surface area contributed by atoms with Crippen molar-refractivity contribution in [3.8, 4) is 0 Å². The van der Waals surface area contributed by atoms with Crippen LogP contribution in [0.2, 0.25) is 5.02 Å². The van der Waals surface area contributed by atoms with Gasteiger partial charge in [0.15, 0.2) is 0 Å². The second-order valence-electron chi connectivity index (χ2n) is 8.30. The average Bonchev–Trinajstić information content (AvgIpc) is 2.71. The zero-order valence-electron chi connectivity index (χ0n) is 16.4. The van der Waals surface area contributed by atoms with Gasteiger partial charge in [0, 0.05) is 0 Å². The molecule has 0 saturated carbocycles. The summed E-state index contributed by atoms with van der Waals surface area (Å²) in [6.45, 7) is 2.22. The smallest absolute Gasteiger partial charge is 0.145 e. The number of hydrogen-bond donors (Lipinski definition) is 0. The fourth-order valence-corrected chi connectivity index (χ4v) is 5.02. The largest absolute Gasteiger partial charge is 0.205 e. The van der Waals surface area contributed by atoms with E-state index in [9.17, 15) is 8.78 Å². The molecule has 0 amide bonds. The molecule has 2 atom stereocenters. The van der Waals surface area contributed by atoms with E-state index in [1.165, 1.54) is 48.1 Å². The standard InChI is InChI=1S/C25H27ClF2/c1-2-3-4-5-16-6-10-21-18(12-16)7-8-19-13-17(9-11-22(19)21)20-14-23(27)25(26)24(28)15-20/h4-5,7-8,14-17H,2-3,6,9-13H2,1H3/b5-4+/t16-,17-/m0/s1. The molecule has 0 fully saturated rings. The van der Waals surface area contributed by atoms with Crippen molar-refractivity contribution < 1.29 is 8.78 Å². The van der Waals surface area contributed by atoms with Crippen LogP contribution in [0.5, 0.6) is 0 Å². The lowest BCUT2D eigenvalue weighted by Gasteiger charge is -2.31. The highest BCUT2D eigenvalue weighted by molar-refractivity contribution is 6.30. The summed E-state index contributed by atoms with van der Waals surface area (Å²) < 4.78 is 27.8. The summed E-state index contributed by atoms with van der Waals surface area (Å²) in [5, 5.41) is -0.406. The molecule has 2 aromatic rings. The van der Waals surface area contributed by atoms with Crippen LogP contribution in [0.25, 0.3) is 0 Å². The molecule has 0 nitrogen and oxygen atoms in total. The van der Waals surface area contributed by atoms with Crippen molar-refractivity contribution in [3.63, 3.8) is 0 Å². The van der Waals surface area contributed by atoms with E-state index in [1.54, 1.807) is 5.56 Å². The maximum absolute atomic E-state index is 13.9. The molecule has 0 aromatic heterocycles. The molecular weight excluding hydrogens is 374 g/mol. The Hall–Kier alpha value is -1.67. The molecule has 0 bridgehead atoms. The van der Waals surface area contributed by atoms with Crippen molar-refractivity contribution in [2.45, 2.75) is 64.2 Å². The van der Waals surface area contributed by atoms with Gasteiger partial charge in [0.1, 0.15) is 16.7 Å². The van der Waals surface area contributed by atoms with Gasteiger partial charge in [-0.05, 0) is 96.7 Å². The molecule has 0 radical (unpaired) electrons. The topological polar surface area (TPSA) is 0 Å². The van der Waals surface area contributed by atoms with E-state index < -0.39 is 16.7 Å². The van der Waals surface area contributed by atoms with Crippen LogP contribution in [-0.4, -0.2) is 0 Å². The zero-order chi connectivity index (χ0) is 19.7. The fraction of sp³-hybridized carbons (Fsp3) is 0.440. The third kappa shape index (κ3) is 3.89. The number of unbranched alkanes of at least 4 members (excludes halogenated alkanes) is 1. The van der Waals surface area contributed by atoms with Crippen LogP contribution in [0.3, 0.4) is 0 Å². The molecule has 3 heteroatoms. The molecule has 0 heterocycles. The predicted octanol–water partition coefficient (Wildman–Crippen LogP) is 7.35. The van der Waals surface area contributed by atoms with E-state index in [0.29, 0.717) is 5.92 Å². The molecule has 148 valence electrons. The van der Waals surface area contributed by atoms with Crippen molar-refractivity contribution in [2.24, 2.45) is 5.92 Å². The summed E-state index contributed by atoms with van der Waals surface area (Å²) in [6, 6.07) is 7.36. The molecule has 2 aliphatic carbocycles. The van der Waals surface area contributed by atoms with Gasteiger partial charge in [0.05, 0.1) is 0 Å². The maximum Gasteiger partial charge on any atom is 0.145 e. The van der Waals surface area contributed by atoms with Gasteiger partial charge in [-0.15, -0.1) is 0 Å². The van der Waals surface area contributed by atoms with E-state index in [-0.39, 0.29) is 5.92 Å². The Balaban J connectivity index is 1.54. The van der Waals surface area contributed by atoms with Gasteiger partial charge < -0.3 is 0 Å².